The van der Waals surface area contributed by atoms with Crippen LogP contribution in [0, 0.1) is 11.8 Å². The SMILES string of the molecule is COC(=O)c1c(C)[nH]c2c(O)cc3c(c12)[C@H](CCl)CN3C(=O)c1cc2cc(NC(=O)c3cc4cc(N=O)ccc4[nH]3)ccc2o1. The minimum Gasteiger partial charge on any atom is -0.506 e. The Kier molecular flexibility index (Phi) is 6.59. The number of H-pyrrole nitrogens is 2. The maximum Gasteiger partial charge on any atom is 0.340 e. The number of rotatable bonds is 6. The molecule has 4 heterocycles. The minimum atomic E-state index is -0.571. The van der Waals surface area contributed by atoms with Crippen molar-refractivity contribution in [3.05, 3.63) is 87.8 Å². The highest BCUT2D eigenvalue weighted by Crippen LogP contribution is 2.47. The summed E-state index contributed by atoms with van der Waals surface area (Å²) in [5.74, 6) is -1.68. The first-order chi connectivity index (χ1) is 21.7. The van der Waals surface area contributed by atoms with Gasteiger partial charge in [-0.2, -0.15) is 0 Å². The Balaban J connectivity index is 1.20. The van der Waals surface area contributed by atoms with Crippen molar-refractivity contribution in [2.24, 2.45) is 5.18 Å². The van der Waals surface area contributed by atoms with Gasteiger partial charge in [0, 0.05) is 57.5 Å². The molecule has 0 saturated carbocycles. The number of fused-ring (bicyclic) bond motifs is 5. The number of benzene rings is 3. The molecule has 3 aromatic heterocycles. The summed E-state index contributed by atoms with van der Waals surface area (Å²) in [4.78, 5) is 57.9. The van der Waals surface area contributed by atoms with E-state index in [4.69, 9.17) is 20.8 Å². The predicted octanol–water partition coefficient (Wildman–Crippen LogP) is 6.83. The van der Waals surface area contributed by atoms with E-state index < -0.39 is 17.8 Å². The van der Waals surface area contributed by atoms with E-state index in [-0.39, 0.29) is 41.1 Å². The number of methoxy groups -OCH3 is 1. The molecule has 2 amide bonds. The number of nitroso groups, excluding NO2 is 1. The number of nitrogens with zero attached hydrogens (tertiary/aromatic N) is 2. The maximum absolute atomic E-state index is 13.9. The first kappa shape index (κ1) is 28.2. The number of nitrogens with one attached hydrogen (secondary N) is 3. The highest BCUT2D eigenvalue weighted by molar-refractivity contribution is 6.20. The Morgan fingerprint density at radius 3 is 2.69 bits per heavy atom. The van der Waals surface area contributed by atoms with E-state index >= 15 is 0 Å². The van der Waals surface area contributed by atoms with Crippen LogP contribution in [0.15, 0.2) is 64.2 Å². The molecule has 12 nitrogen and oxygen atoms in total. The van der Waals surface area contributed by atoms with Gasteiger partial charge >= 0.3 is 5.97 Å². The van der Waals surface area contributed by atoms with Crippen LogP contribution in [0.5, 0.6) is 5.75 Å². The second-order valence-corrected chi connectivity index (χ2v) is 11.1. The number of anilines is 2. The number of carbonyl (C=O) groups is 3. The van der Waals surface area contributed by atoms with Crippen LogP contribution in [0.1, 0.15) is 48.6 Å². The van der Waals surface area contributed by atoms with Crippen molar-refractivity contribution in [2.75, 3.05) is 29.8 Å². The van der Waals surface area contributed by atoms with Crippen LogP contribution in [0.4, 0.5) is 17.1 Å². The second kappa shape index (κ2) is 10.5. The fraction of sp³-hybridized carbons (Fsp3) is 0.156. The molecular weight excluding hydrogens is 602 g/mol. The zero-order valence-corrected chi connectivity index (χ0v) is 24.6. The average molecular weight is 626 g/mol. The average Bonchev–Trinajstić information content (AvgIpc) is 3.81. The van der Waals surface area contributed by atoms with Crippen LogP contribution in [0.2, 0.25) is 0 Å². The van der Waals surface area contributed by atoms with E-state index in [1.165, 1.54) is 18.1 Å². The molecule has 0 aliphatic carbocycles. The first-order valence-corrected chi connectivity index (χ1v) is 14.4. The monoisotopic (exact) mass is 625 g/mol. The third kappa shape index (κ3) is 4.49. The van der Waals surface area contributed by atoms with Gasteiger partial charge in [-0.1, -0.05) is 0 Å². The van der Waals surface area contributed by atoms with Gasteiger partial charge < -0.3 is 34.4 Å². The molecule has 1 atom stereocenters. The number of halogens is 1. The van der Waals surface area contributed by atoms with Crippen LogP contribution < -0.4 is 10.2 Å². The lowest BCUT2D eigenvalue weighted by Gasteiger charge is -2.16. The highest BCUT2D eigenvalue weighted by Gasteiger charge is 2.38. The number of aromatic amines is 2. The Hall–Kier alpha value is -5.62. The molecule has 6 aromatic rings. The molecule has 13 heteroatoms. The number of aromatic hydroxyl groups is 1. The van der Waals surface area contributed by atoms with Gasteiger partial charge in [-0.25, -0.2) is 4.79 Å². The lowest BCUT2D eigenvalue weighted by molar-refractivity contribution is 0.0602. The molecule has 0 spiro atoms. The van der Waals surface area contributed by atoms with E-state index in [0.717, 1.165) is 0 Å². The van der Waals surface area contributed by atoms with E-state index in [2.05, 4.69) is 20.5 Å². The molecule has 3 aromatic carbocycles. The molecular formula is C32H24ClN5O7. The van der Waals surface area contributed by atoms with E-state index in [9.17, 15) is 24.4 Å². The molecule has 0 fully saturated rings. The summed E-state index contributed by atoms with van der Waals surface area (Å²) >= 11 is 6.36. The van der Waals surface area contributed by atoms with Crippen LogP contribution >= 0.6 is 11.6 Å². The number of hydrogen-bond acceptors (Lipinski definition) is 8. The number of aromatic nitrogens is 2. The van der Waals surface area contributed by atoms with E-state index in [1.807, 2.05) is 0 Å². The van der Waals surface area contributed by atoms with Gasteiger partial charge in [-0.15, -0.1) is 16.5 Å². The van der Waals surface area contributed by atoms with Crippen LogP contribution in [0.25, 0.3) is 32.8 Å². The number of amides is 2. The standard InChI is InChI=1S/C32H24ClN5O7/c1-14-26(32(42)44-2)28-27-17(12-33)13-38(22(27)11-23(39)29(28)34-14)31(41)25-10-16-8-18(4-6-24(16)45-25)35-30(40)21-9-15-7-19(37-43)3-5-20(15)36-21/h3-11,17,34,36,39H,12-13H2,1-2H3,(H,35,40)/t17-/m1/s1. The largest absolute Gasteiger partial charge is 0.506 e. The minimum absolute atomic E-state index is 0.0443. The molecule has 1 aliphatic heterocycles. The predicted molar refractivity (Wildman–Crippen MR) is 169 cm³/mol. The molecule has 0 radical (unpaired) electrons. The number of alkyl halides is 1. The maximum atomic E-state index is 13.9. The molecule has 226 valence electrons. The summed E-state index contributed by atoms with van der Waals surface area (Å²) in [5.41, 5.74) is 4.38. The zero-order chi connectivity index (χ0) is 31.6. The summed E-state index contributed by atoms with van der Waals surface area (Å²) in [7, 11) is 1.28. The number of furan rings is 1. The highest BCUT2D eigenvalue weighted by atomic mass is 35.5. The smallest absolute Gasteiger partial charge is 0.340 e. The van der Waals surface area contributed by atoms with Crippen LogP contribution in [0.3, 0.4) is 0 Å². The summed E-state index contributed by atoms with van der Waals surface area (Å²) in [6, 6.07) is 14.5. The van der Waals surface area contributed by atoms with Gasteiger partial charge in [0.15, 0.2) is 5.76 Å². The van der Waals surface area contributed by atoms with Crippen molar-refractivity contribution in [1.82, 2.24) is 9.97 Å². The van der Waals surface area contributed by atoms with Gasteiger partial charge in [0.25, 0.3) is 11.8 Å². The van der Waals surface area contributed by atoms with Crippen molar-refractivity contribution in [2.45, 2.75) is 12.8 Å². The van der Waals surface area contributed by atoms with Crippen molar-refractivity contribution >= 4 is 79.2 Å². The van der Waals surface area contributed by atoms with Gasteiger partial charge in [-0.05, 0) is 66.2 Å². The molecule has 4 N–H and O–H groups in total. The number of esters is 1. The quantitative estimate of drug-likeness (QED) is 0.0892. The van der Waals surface area contributed by atoms with Gasteiger partial charge in [-0.3, -0.25) is 9.59 Å². The number of hydrogen-bond donors (Lipinski definition) is 4. The normalized spacial score (nSPS) is 14.3. The number of carbonyl (C=O) groups excluding carboxylic acids is 3. The van der Waals surface area contributed by atoms with Gasteiger partial charge in [0.2, 0.25) is 0 Å². The Bertz CT molecular complexity index is 2230. The molecule has 0 bridgehead atoms. The Morgan fingerprint density at radius 1 is 1.11 bits per heavy atom. The number of phenols is 1. The number of ether oxygens (including phenoxy) is 1. The lowest BCUT2D eigenvalue weighted by atomic mass is 9.95. The summed E-state index contributed by atoms with van der Waals surface area (Å²) in [5, 5.41) is 18.4. The number of phenolic OH excluding ortho intramolecular Hbond substituents is 1. The zero-order valence-electron chi connectivity index (χ0n) is 23.9. The molecule has 45 heavy (non-hydrogen) atoms. The van der Waals surface area contributed by atoms with Gasteiger partial charge in [0.05, 0.1) is 23.9 Å². The second-order valence-electron chi connectivity index (χ2n) is 10.8. The van der Waals surface area contributed by atoms with Gasteiger partial charge in [0.1, 0.15) is 22.7 Å². The summed E-state index contributed by atoms with van der Waals surface area (Å²) in [6.45, 7) is 1.91. The fourth-order valence-corrected chi connectivity index (χ4v) is 6.33. The van der Waals surface area contributed by atoms with Crippen molar-refractivity contribution in [1.29, 1.82) is 0 Å². The summed E-state index contributed by atoms with van der Waals surface area (Å²) < 4.78 is 10.9. The van der Waals surface area contributed by atoms with Crippen LogP contribution in [-0.2, 0) is 4.74 Å². The molecule has 0 saturated heterocycles. The van der Waals surface area contributed by atoms with E-state index in [1.54, 1.807) is 55.5 Å². The molecule has 7 rings (SSSR count). The number of aryl methyl sites for hydroxylation is 1. The Morgan fingerprint density at radius 2 is 1.93 bits per heavy atom. The first-order valence-electron chi connectivity index (χ1n) is 13.9. The van der Waals surface area contributed by atoms with E-state index in [0.29, 0.717) is 61.1 Å². The third-order valence-corrected chi connectivity index (χ3v) is 8.50. The topological polar surface area (TPSA) is 170 Å². The fourth-order valence-electron chi connectivity index (χ4n) is 6.07. The van der Waals surface area contributed by atoms with Crippen molar-refractivity contribution in [3.63, 3.8) is 0 Å². The van der Waals surface area contributed by atoms with Crippen molar-refractivity contribution in [3.8, 4) is 5.75 Å². The van der Waals surface area contributed by atoms with Crippen molar-refractivity contribution < 1.29 is 28.6 Å². The lowest BCUT2D eigenvalue weighted by Crippen LogP contribution is -2.29. The Labute approximate surface area is 258 Å². The molecule has 0 unspecified atom stereocenters. The third-order valence-electron chi connectivity index (χ3n) is 8.12. The summed E-state index contributed by atoms with van der Waals surface area (Å²) in [6.07, 6.45) is 0. The molecule has 1 aliphatic rings. The van der Waals surface area contributed by atoms with Crippen LogP contribution in [-0.4, -0.2) is 52.4 Å².